The molecule has 16 heavy (non-hydrogen) atoms. The van der Waals surface area contributed by atoms with Gasteiger partial charge in [-0.3, -0.25) is 0 Å². The standard InChI is InChI=1S/C11H13N3O2/c1-7-3-4-16-10(7)11-13-8(6-15-2)5-9(12)14-11/h3-5H,6H2,1-2H3,(H2,12,13,14). The first-order chi connectivity index (χ1) is 7.70. The summed E-state index contributed by atoms with van der Waals surface area (Å²) in [6.07, 6.45) is 1.60. The summed E-state index contributed by atoms with van der Waals surface area (Å²) in [6, 6.07) is 3.54. The molecule has 0 atom stereocenters. The Labute approximate surface area is 93.3 Å². The first-order valence-electron chi connectivity index (χ1n) is 4.87. The molecule has 0 aliphatic rings. The van der Waals surface area contributed by atoms with Crippen molar-refractivity contribution in [2.24, 2.45) is 0 Å². The average Bonchev–Trinajstić information content (AvgIpc) is 2.64. The molecular formula is C11H13N3O2. The van der Waals surface area contributed by atoms with E-state index in [0.29, 0.717) is 24.0 Å². The minimum absolute atomic E-state index is 0.402. The molecule has 2 aromatic heterocycles. The van der Waals surface area contributed by atoms with E-state index in [1.54, 1.807) is 19.4 Å². The predicted molar refractivity (Wildman–Crippen MR) is 59.6 cm³/mol. The summed E-state index contributed by atoms with van der Waals surface area (Å²) in [5.74, 6) is 1.55. The molecule has 0 bridgehead atoms. The number of hydrogen-bond donors (Lipinski definition) is 1. The zero-order valence-corrected chi connectivity index (χ0v) is 9.23. The minimum atomic E-state index is 0.402. The number of nitrogens with two attached hydrogens (primary N) is 1. The van der Waals surface area contributed by atoms with E-state index in [4.69, 9.17) is 14.9 Å². The van der Waals surface area contributed by atoms with Crippen LogP contribution in [0.1, 0.15) is 11.3 Å². The number of furan rings is 1. The van der Waals surface area contributed by atoms with E-state index in [-0.39, 0.29) is 0 Å². The van der Waals surface area contributed by atoms with Gasteiger partial charge in [0.15, 0.2) is 11.6 Å². The summed E-state index contributed by atoms with van der Waals surface area (Å²) in [6.45, 7) is 2.33. The molecular weight excluding hydrogens is 206 g/mol. The molecule has 0 aromatic carbocycles. The van der Waals surface area contributed by atoms with Crippen LogP contribution in [0.3, 0.4) is 0 Å². The number of nitrogens with zero attached hydrogens (tertiary/aromatic N) is 2. The number of ether oxygens (including phenoxy) is 1. The van der Waals surface area contributed by atoms with Gasteiger partial charge in [0, 0.05) is 13.2 Å². The van der Waals surface area contributed by atoms with Crippen molar-refractivity contribution in [3.63, 3.8) is 0 Å². The van der Waals surface area contributed by atoms with Crippen molar-refractivity contribution in [3.05, 3.63) is 29.7 Å². The lowest BCUT2D eigenvalue weighted by molar-refractivity contribution is 0.181. The van der Waals surface area contributed by atoms with Gasteiger partial charge in [-0.2, -0.15) is 0 Å². The van der Waals surface area contributed by atoms with Crippen LogP contribution in [-0.2, 0) is 11.3 Å². The molecule has 0 radical (unpaired) electrons. The van der Waals surface area contributed by atoms with Crippen LogP contribution in [0, 0.1) is 6.92 Å². The maximum Gasteiger partial charge on any atom is 0.198 e. The summed E-state index contributed by atoms with van der Waals surface area (Å²) in [7, 11) is 1.61. The van der Waals surface area contributed by atoms with Gasteiger partial charge in [0.2, 0.25) is 0 Å². The largest absolute Gasteiger partial charge is 0.461 e. The Morgan fingerprint density at radius 2 is 2.25 bits per heavy atom. The maximum absolute atomic E-state index is 5.70. The second kappa shape index (κ2) is 4.32. The van der Waals surface area contributed by atoms with Crippen LogP contribution in [0.4, 0.5) is 5.82 Å². The molecule has 0 saturated heterocycles. The van der Waals surface area contributed by atoms with E-state index in [9.17, 15) is 0 Å². The monoisotopic (exact) mass is 219 g/mol. The lowest BCUT2D eigenvalue weighted by Gasteiger charge is -2.03. The van der Waals surface area contributed by atoms with E-state index in [1.807, 2.05) is 13.0 Å². The molecule has 0 saturated carbocycles. The summed E-state index contributed by atoms with van der Waals surface area (Å²) >= 11 is 0. The van der Waals surface area contributed by atoms with E-state index >= 15 is 0 Å². The van der Waals surface area contributed by atoms with Crippen LogP contribution in [0.15, 0.2) is 22.8 Å². The smallest absolute Gasteiger partial charge is 0.198 e. The van der Waals surface area contributed by atoms with Crippen molar-refractivity contribution in [1.29, 1.82) is 0 Å². The molecule has 84 valence electrons. The lowest BCUT2D eigenvalue weighted by atomic mass is 10.2. The van der Waals surface area contributed by atoms with E-state index in [1.165, 1.54) is 0 Å². The summed E-state index contributed by atoms with van der Waals surface area (Å²) in [4.78, 5) is 8.45. The number of aryl methyl sites for hydroxylation is 1. The highest BCUT2D eigenvalue weighted by Gasteiger charge is 2.10. The van der Waals surface area contributed by atoms with Crippen LogP contribution >= 0.6 is 0 Å². The van der Waals surface area contributed by atoms with Crippen LogP contribution < -0.4 is 5.73 Å². The van der Waals surface area contributed by atoms with Crippen molar-refractivity contribution in [2.45, 2.75) is 13.5 Å². The number of hydrogen-bond acceptors (Lipinski definition) is 5. The molecule has 2 N–H and O–H groups in total. The van der Waals surface area contributed by atoms with Crippen molar-refractivity contribution in [2.75, 3.05) is 12.8 Å². The number of methoxy groups -OCH3 is 1. The topological polar surface area (TPSA) is 74.2 Å². The van der Waals surface area contributed by atoms with Gasteiger partial charge in [0.05, 0.1) is 18.6 Å². The molecule has 0 unspecified atom stereocenters. The average molecular weight is 219 g/mol. The number of nitrogen functional groups attached to an aromatic ring is 1. The molecule has 0 aliphatic carbocycles. The van der Waals surface area contributed by atoms with Gasteiger partial charge in [-0.25, -0.2) is 9.97 Å². The number of rotatable bonds is 3. The second-order valence-electron chi connectivity index (χ2n) is 3.47. The van der Waals surface area contributed by atoms with Crippen molar-refractivity contribution < 1.29 is 9.15 Å². The minimum Gasteiger partial charge on any atom is -0.461 e. The predicted octanol–water partition coefficient (Wildman–Crippen LogP) is 1.77. The van der Waals surface area contributed by atoms with Crippen molar-refractivity contribution >= 4 is 5.82 Å². The highest BCUT2D eigenvalue weighted by atomic mass is 16.5. The molecule has 0 amide bonds. The fraction of sp³-hybridized carbons (Fsp3) is 0.273. The Kier molecular flexibility index (Phi) is 2.87. The molecule has 5 heteroatoms. The lowest BCUT2D eigenvalue weighted by Crippen LogP contribution is -2.01. The van der Waals surface area contributed by atoms with Gasteiger partial charge in [-0.15, -0.1) is 0 Å². The Bertz CT molecular complexity index is 494. The number of anilines is 1. The highest BCUT2D eigenvalue weighted by molar-refractivity contribution is 5.54. The Morgan fingerprint density at radius 3 is 2.88 bits per heavy atom. The Morgan fingerprint density at radius 1 is 1.44 bits per heavy atom. The zero-order chi connectivity index (χ0) is 11.5. The molecule has 2 aromatic rings. The van der Waals surface area contributed by atoms with Gasteiger partial charge in [-0.1, -0.05) is 0 Å². The van der Waals surface area contributed by atoms with Gasteiger partial charge >= 0.3 is 0 Å². The van der Waals surface area contributed by atoms with Gasteiger partial charge in [0.1, 0.15) is 5.82 Å². The molecule has 0 fully saturated rings. The van der Waals surface area contributed by atoms with Crippen molar-refractivity contribution in [1.82, 2.24) is 9.97 Å². The summed E-state index contributed by atoms with van der Waals surface area (Å²) in [5.41, 5.74) is 7.41. The van der Waals surface area contributed by atoms with Crippen LogP contribution in [0.2, 0.25) is 0 Å². The Balaban J connectivity index is 2.45. The fourth-order valence-electron chi connectivity index (χ4n) is 1.44. The quantitative estimate of drug-likeness (QED) is 0.851. The normalized spacial score (nSPS) is 10.6. The maximum atomic E-state index is 5.70. The number of aromatic nitrogens is 2. The van der Waals surface area contributed by atoms with Gasteiger partial charge in [-0.05, 0) is 18.6 Å². The molecule has 5 nitrogen and oxygen atoms in total. The first-order valence-corrected chi connectivity index (χ1v) is 4.87. The third-order valence-corrected chi connectivity index (χ3v) is 2.16. The fourth-order valence-corrected chi connectivity index (χ4v) is 1.44. The molecule has 2 rings (SSSR count). The second-order valence-corrected chi connectivity index (χ2v) is 3.47. The zero-order valence-electron chi connectivity index (χ0n) is 9.23. The Hall–Kier alpha value is -1.88. The highest BCUT2D eigenvalue weighted by Crippen LogP contribution is 2.21. The van der Waals surface area contributed by atoms with E-state index in [0.717, 1.165) is 11.3 Å². The van der Waals surface area contributed by atoms with Crippen LogP contribution in [-0.4, -0.2) is 17.1 Å². The van der Waals surface area contributed by atoms with Crippen LogP contribution in [0.5, 0.6) is 0 Å². The molecule has 2 heterocycles. The van der Waals surface area contributed by atoms with E-state index in [2.05, 4.69) is 9.97 Å². The molecule has 0 aliphatic heterocycles. The van der Waals surface area contributed by atoms with Crippen LogP contribution in [0.25, 0.3) is 11.6 Å². The van der Waals surface area contributed by atoms with Gasteiger partial charge in [0.25, 0.3) is 0 Å². The first kappa shape index (κ1) is 10.6. The van der Waals surface area contributed by atoms with Crippen molar-refractivity contribution in [3.8, 4) is 11.6 Å². The van der Waals surface area contributed by atoms with Gasteiger partial charge < -0.3 is 14.9 Å². The van der Waals surface area contributed by atoms with E-state index < -0.39 is 0 Å². The molecule has 0 spiro atoms. The summed E-state index contributed by atoms with van der Waals surface area (Å²) in [5, 5.41) is 0. The SMILES string of the molecule is COCc1cc(N)nc(-c2occc2C)n1. The third-order valence-electron chi connectivity index (χ3n) is 2.16. The third kappa shape index (κ3) is 2.04. The summed E-state index contributed by atoms with van der Waals surface area (Å²) < 4.78 is 10.3.